The van der Waals surface area contributed by atoms with Crippen molar-refractivity contribution in [1.29, 1.82) is 0 Å². The van der Waals surface area contributed by atoms with Gasteiger partial charge in [-0.25, -0.2) is 0 Å². The summed E-state index contributed by atoms with van der Waals surface area (Å²) in [6.07, 6.45) is 1.66. The van der Waals surface area contributed by atoms with Gasteiger partial charge in [-0.15, -0.1) is 0 Å². The Labute approximate surface area is 173 Å². The quantitative estimate of drug-likeness (QED) is 0.357. The van der Waals surface area contributed by atoms with Gasteiger partial charge in [0.05, 0.1) is 12.8 Å². The largest absolute Gasteiger partial charge is 0.488 e. The number of hydrogen-bond acceptors (Lipinski definition) is 3. The molecule has 0 fully saturated rings. The summed E-state index contributed by atoms with van der Waals surface area (Å²) in [5, 5.41) is 6.05. The zero-order valence-corrected chi connectivity index (χ0v) is 16.6. The minimum Gasteiger partial charge on any atom is -0.488 e. The molecule has 3 rings (SSSR count). The Morgan fingerprint density at radius 3 is 2.37 bits per heavy atom. The van der Waals surface area contributed by atoms with Crippen molar-refractivity contribution in [2.24, 2.45) is 5.10 Å². The van der Waals surface area contributed by atoms with Crippen LogP contribution in [0.1, 0.15) is 16.7 Å². The molecule has 3 aromatic rings. The lowest BCUT2D eigenvalue weighted by Gasteiger charge is -2.10. The van der Waals surface area contributed by atoms with E-state index in [0.29, 0.717) is 34.0 Å². The number of nitrogens with one attached hydrogen (secondary N) is 1. The zero-order chi connectivity index (χ0) is 19.1. The lowest BCUT2D eigenvalue weighted by molar-refractivity contribution is 0.306. The molecule has 0 spiro atoms. The molecular formula is C21H17Cl3N2O. The van der Waals surface area contributed by atoms with E-state index in [0.717, 1.165) is 16.7 Å². The van der Waals surface area contributed by atoms with E-state index in [9.17, 15) is 0 Å². The smallest absolute Gasteiger partial charge is 0.128 e. The van der Waals surface area contributed by atoms with Crippen LogP contribution < -0.4 is 10.2 Å². The molecule has 0 atom stereocenters. The molecule has 27 heavy (non-hydrogen) atoms. The van der Waals surface area contributed by atoms with Crippen LogP contribution in [0.2, 0.25) is 15.1 Å². The van der Waals surface area contributed by atoms with E-state index >= 15 is 0 Å². The molecule has 0 saturated heterocycles. The third-order valence-corrected chi connectivity index (χ3v) is 4.76. The zero-order valence-electron chi connectivity index (χ0n) is 14.3. The van der Waals surface area contributed by atoms with Crippen LogP contribution in [0.15, 0.2) is 71.8 Å². The van der Waals surface area contributed by atoms with Gasteiger partial charge < -0.3 is 10.2 Å². The van der Waals surface area contributed by atoms with Gasteiger partial charge in [0.25, 0.3) is 0 Å². The van der Waals surface area contributed by atoms with Gasteiger partial charge >= 0.3 is 0 Å². The topological polar surface area (TPSA) is 33.6 Å². The highest BCUT2D eigenvalue weighted by Crippen LogP contribution is 2.24. The predicted molar refractivity (Wildman–Crippen MR) is 113 cm³/mol. The van der Waals surface area contributed by atoms with Crippen LogP contribution in [0.3, 0.4) is 0 Å². The fraction of sp³-hybridized carbons (Fsp3) is 0.0952. The van der Waals surface area contributed by atoms with Crippen molar-refractivity contribution in [1.82, 2.24) is 5.43 Å². The predicted octanol–water partition coefficient (Wildman–Crippen LogP) is 6.35. The van der Waals surface area contributed by atoms with Crippen LogP contribution in [0.5, 0.6) is 5.75 Å². The molecule has 0 heterocycles. The average molecular weight is 420 g/mol. The number of halogens is 3. The van der Waals surface area contributed by atoms with E-state index in [1.54, 1.807) is 36.5 Å². The number of hydrazone groups is 1. The lowest BCUT2D eigenvalue weighted by Crippen LogP contribution is -2.07. The molecule has 0 saturated carbocycles. The molecule has 138 valence electrons. The molecular weight excluding hydrogens is 403 g/mol. The van der Waals surface area contributed by atoms with Crippen molar-refractivity contribution in [2.45, 2.75) is 13.2 Å². The van der Waals surface area contributed by atoms with E-state index in [2.05, 4.69) is 10.5 Å². The molecule has 3 nitrogen and oxygen atoms in total. The Hall–Kier alpha value is -2.20. The molecule has 6 heteroatoms. The summed E-state index contributed by atoms with van der Waals surface area (Å²) in [5.41, 5.74) is 5.61. The monoisotopic (exact) mass is 418 g/mol. The molecule has 0 unspecified atom stereocenters. The van der Waals surface area contributed by atoms with Crippen LogP contribution in [-0.2, 0) is 13.2 Å². The van der Waals surface area contributed by atoms with Crippen LogP contribution in [0.4, 0.5) is 0 Å². The number of ether oxygens (including phenoxy) is 1. The minimum absolute atomic E-state index is 0.412. The average Bonchev–Trinajstić information content (AvgIpc) is 2.67. The van der Waals surface area contributed by atoms with Gasteiger partial charge in [-0.05, 0) is 35.9 Å². The fourth-order valence-corrected chi connectivity index (χ4v) is 3.14. The van der Waals surface area contributed by atoms with Crippen LogP contribution >= 0.6 is 34.8 Å². The minimum atomic E-state index is 0.412. The van der Waals surface area contributed by atoms with Gasteiger partial charge in [0.1, 0.15) is 12.4 Å². The van der Waals surface area contributed by atoms with E-state index in [1.807, 2.05) is 36.4 Å². The van der Waals surface area contributed by atoms with Crippen molar-refractivity contribution in [3.63, 3.8) is 0 Å². The fourth-order valence-electron chi connectivity index (χ4n) is 2.43. The molecule has 0 amide bonds. The maximum absolute atomic E-state index is 6.16. The summed E-state index contributed by atoms with van der Waals surface area (Å²) in [7, 11) is 0. The summed E-state index contributed by atoms with van der Waals surface area (Å²) in [6.45, 7) is 0.877. The molecule has 1 N–H and O–H groups in total. The first kappa shape index (κ1) is 19.6. The molecule has 0 aromatic heterocycles. The maximum atomic E-state index is 6.16. The first-order valence-electron chi connectivity index (χ1n) is 8.28. The molecule has 0 aliphatic carbocycles. The van der Waals surface area contributed by atoms with Crippen molar-refractivity contribution in [3.8, 4) is 5.75 Å². The van der Waals surface area contributed by atoms with Gasteiger partial charge in [0.15, 0.2) is 0 Å². The summed E-state index contributed by atoms with van der Waals surface area (Å²) < 4.78 is 5.91. The maximum Gasteiger partial charge on any atom is 0.128 e. The number of nitrogens with zero attached hydrogens (tertiary/aromatic N) is 1. The lowest BCUT2D eigenvalue weighted by atomic mass is 10.2. The second-order valence-corrected chi connectivity index (χ2v) is 7.00. The summed E-state index contributed by atoms with van der Waals surface area (Å²) in [5.74, 6) is 0.699. The van der Waals surface area contributed by atoms with Crippen molar-refractivity contribution in [3.05, 3.63) is 98.5 Å². The molecule has 0 aliphatic rings. The highest BCUT2D eigenvalue weighted by Gasteiger charge is 2.05. The van der Waals surface area contributed by atoms with Crippen molar-refractivity contribution in [2.75, 3.05) is 0 Å². The van der Waals surface area contributed by atoms with E-state index in [4.69, 9.17) is 39.5 Å². The van der Waals surface area contributed by atoms with Gasteiger partial charge in [-0.3, -0.25) is 0 Å². The third kappa shape index (κ3) is 5.64. The SMILES string of the molecule is Clc1ccc(OCc2ccccc2)c(/C=N/NCc2c(Cl)cccc2Cl)c1. The standard InChI is InChI=1S/C21H17Cl3N2O/c22-17-9-10-21(27-14-15-5-2-1-3-6-15)16(11-17)12-25-26-13-18-19(23)7-4-8-20(18)24/h1-12,26H,13-14H2/b25-12+. The second-order valence-electron chi connectivity index (χ2n) is 5.75. The van der Waals surface area contributed by atoms with Gasteiger partial charge in [0.2, 0.25) is 0 Å². The molecule has 3 aromatic carbocycles. The Kier molecular flexibility index (Phi) is 6.99. The van der Waals surface area contributed by atoms with Gasteiger partial charge in [-0.1, -0.05) is 71.2 Å². The highest BCUT2D eigenvalue weighted by atomic mass is 35.5. The van der Waals surface area contributed by atoms with E-state index < -0.39 is 0 Å². The number of benzene rings is 3. The Morgan fingerprint density at radius 1 is 0.889 bits per heavy atom. The van der Waals surface area contributed by atoms with E-state index in [1.165, 1.54) is 0 Å². The first-order chi connectivity index (χ1) is 13.1. The Bertz CT molecular complexity index is 910. The summed E-state index contributed by atoms with van der Waals surface area (Å²) in [6, 6.07) is 20.8. The molecule has 0 aliphatic heterocycles. The van der Waals surface area contributed by atoms with Crippen molar-refractivity contribution >= 4 is 41.0 Å². The number of hydrogen-bond donors (Lipinski definition) is 1. The third-order valence-electron chi connectivity index (χ3n) is 3.82. The summed E-state index contributed by atoms with van der Waals surface area (Å²) >= 11 is 18.4. The Morgan fingerprint density at radius 2 is 1.63 bits per heavy atom. The summed E-state index contributed by atoms with van der Waals surface area (Å²) in [4.78, 5) is 0. The second kappa shape index (κ2) is 9.65. The molecule has 0 bridgehead atoms. The molecule has 0 radical (unpaired) electrons. The number of rotatable bonds is 7. The van der Waals surface area contributed by atoms with E-state index in [-0.39, 0.29) is 0 Å². The van der Waals surface area contributed by atoms with Crippen LogP contribution in [-0.4, -0.2) is 6.21 Å². The highest BCUT2D eigenvalue weighted by molar-refractivity contribution is 6.36. The van der Waals surface area contributed by atoms with Crippen LogP contribution in [0, 0.1) is 0 Å². The van der Waals surface area contributed by atoms with Crippen LogP contribution in [0.25, 0.3) is 0 Å². The Balaban J connectivity index is 1.66. The van der Waals surface area contributed by atoms with Gasteiger partial charge in [0, 0.05) is 26.2 Å². The normalized spacial score (nSPS) is 10.9. The van der Waals surface area contributed by atoms with Gasteiger partial charge in [-0.2, -0.15) is 5.10 Å². The first-order valence-corrected chi connectivity index (χ1v) is 9.42. The van der Waals surface area contributed by atoms with Crippen molar-refractivity contribution < 1.29 is 4.74 Å².